The Bertz CT molecular complexity index is 551. The largest absolute Gasteiger partial charge is 0.372 e. The Hall–Kier alpha value is -2.37. The van der Waals surface area contributed by atoms with Gasteiger partial charge in [0.05, 0.1) is 17.8 Å². The summed E-state index contributed by atoms with van der Waals surface area (Å²) >= 11 is 0. The van der Waals surface area contributed by atoms with Crippen molar-refractivity contribution in [1.82, 2.24) is 15.5 Å². The quantitative estimate of drug-likeness (QED) is 0.851. The maximum absolute atomic E-state index is 12.0. The van der Waals surface area contributed by atoms with Gasteiger partial charge in [-0.2, -0.15) is 0 Å². The molecule has 2 N–H and O–H groups in total. The third-order valence-electron chi connectivity index (χ3n) is 2.39. The van der Waals surface area contributed by atoms with E-state index in [1.165, 1.54) is 0 Å². The van der Waals surface area contributed by atoms with E-state index in [0.29, 0.717) is 23.7 Å². The summed E-state index contributed by atoms with van der Waals surface area (Å²) in [6.07, 6.45) is 1.63. The van der Waals surface area contributed by atoms with Crippen LogP contribution in [0.3, 0.4) is 0 Å². The molecule has 0 radical (unpaired) electrons. The second-order valence-electron chi connectivity index (χ2n) is 3.77. The fourth-order valence-electron chi connectivity index (χ4n) is 1.55. The molecule has 0 bridgehead atoms. The van der Waals surface area contributed by atoms with Crippen LogP contribution in [0, 0.1) is 6.92 Å². The number of amides is 1. The lowest BCUT2D eigenvalue weighted by Gasteiger charge is -2.07. The third-order valence-corrected chi connectivity index (χ3v) is 2.39. The molecule has 0 atom stereocenters. The summed E-state index contributed by atoms with van der Waals surface area (Å²) in [5, 5.41) is 9.37. The number of hydrogen-bond acceptors (Lipinski definition) is 5. The van der Waals surface area contributed by atoms with Crippen LogP contribution in [0.2, 0.25) is 0 Å². The van der Waals surface area contributed by atoms with Crippen molar-refractivity contribution in [2.24, 2.45) is 0 Å². The molecule has 0 saturated carbocycles. The van der Waals surface area contributed by atoms with Gasteiger partial charge in [0.1, 0.15) is 5.82 Å². The van der Waals surface area contributed by atoms with Crippen LogP contribution in [0.5, 0.6) is 0 Å². The summed E-state index contributed by atoms with van der Waals surface area (Å²) < 4.78 is 5.01. The normalized spacial score (nSPS) is 10.1. The Morgan fingerprint density at radius 1 is 1.50 bits per heavy atom. The molecule has 2 heterocycles. The smallest absolute Gasteiger partial charge is 0.255 e. The number of hydrogen-bond donors (Lipinski definition) is 2. The molecular weight excluding hydrogens is 232 g/mol. The van der Waals surface area contributed by atoms with Crippen LogP contribution in [0.15, 0.2) is 28.9 Å². The van der Waals surface area contributed by atoms with Gasteiger partial charge in [0.2, 0.25) is 0 Å². The number of rotatable bonds is 4. The highest BCUT2D eigenvalue weighted by molar-refractivity contribution is 5.98. The van der Waals surface area contributed by atoms with Gasteiger partial charge >= 0.3 is 0 Å². The molecule has 18 heavy (non-hydrogen) atoms. The average molecular weight is 246 g/mol. The molecule has 0 aromatic carbocycles. The molecule has 0 aliphatic carbocycles. The van der Waals surface area contributed by atoms with E-state index in [9.17, 15) is 4.79 Å². The zero-order valence-electron chi connectivity index (χ0n) is 10.2. The van der Waals surface area contributed by atoms with E-state index >= 15 is 0 Å². The molecule has 0 saturated heterocycles. The van der Waals surface area contributed by atoms with Crippen LogP contribution >= 0.6 is 0 Å². The van der Waals surface area contributed by atoms with Crippen molar-refractivity contribution in [2.45, 2.75) is 13.5 Å². The van der Waals surface area contributed by atoms with Gasteiger partial charge in [-0.15, -0.1) is 0 Å². The minimum absolute atomic E-state index is 0.207. The van der Waals surface area contributed by atoms with Crippen molar-refractivity contribution in [2.75, 3.05) is 12.4 Å². The summed E-state index contributed by atoms with van der Waals surface area (Å²) in [5.41, 5.74) is 1.28. The number of carbonyl (C=O) groups excluding carboxylic acids is 1. The average Bonchev–Trinajstić information content (AvgIpc) is 2.81. The highest BCUT2D eigenvalue weighted by Crippen LogP contribution is 2.10. The molecule has 2 aromatic heterocycles. The minimum Gasteiger partial charge on any atom is -0.372 e. The van der Waals surface area contributed by atoms with Gasteiger partial charge in [-0.05, 0) is 19.1 Å². The number of anilines is 1. The van der Waals surface area contributed by atoms with Gasteiger partial charge in [0, 0.05) is 19.3 Å². The molecule has 2 aromatic rings. The van der Waals surface area contributed by atoms with E-state index in [4.69, 9.17) is 4.52 Å². The Balaban J connectivity index is 2.03. The maximum Gasteiger partial charge on any atom is 0.255 e. The highest BCUT2D eigenvalue weighted by Gasteiger charge is 2.11. The SMILES string of the molecule is CNc1ncccc1C(=O)NCc1cc(C)no1. The fourth-order valence-corrected chi connectivity index (χ4v) is 1.55. The van der Waals surface area contributed by atoms with Crippen molar-refractivity contribution in [3.05, 3.63) is 41.4 Å². The van der Waals surface area contributed by atoms with Gasteiger partial charge in [-0.3, -0.25) is 4.79 Å². The van der Waals surface area contributed by atoms with Gasteiger partial charge in [-0.1, -0.05) is 5.16 Å². The first-order chi connectivity index (χ1) is 8.70. The zero-order chi connectivity index (χ0) is 13.0. The van der Waals surface area contributed by atoms with Crippen LogP contribution < -0.4 is 10.6 Å². The third kappa shape index (κ3) is 2.65. The molecule has 0 spiro atoms. The van der Waals surface area contributed by atoms with Crippen LogP contribution in [0.4, 0.5) is 5.82 Å². The monoisotopic (exact) mass is 246 g/mol. The summed E-state index contributed by atoms with van der Waals surface area (Å²) in [6.45, 7) is 2.13. The molecule has 94 valence electrons. The molecule has 1 amide bonds. The van der Waals surface area contributed by atoms with Crippen molar-refractivity contribution in [1.29, 1.82) is 0 Å². The number of pyridine rings is 1. The maximum atomic E-state index is 12.0. The second kappa shape index (κ2) is 5.31. The van der Waals surface area contributed by atoms with Crippen molar-refractivity contribution in [3.8, 4) is 0 Å². The summed E-state index contributed by atoms with van der Waals surface area (Å²) in [7, 11) is 1.72. The zero-order valence-corrected chi connectivity index (χ0v) is 10.2. The first-order valence-corrected chi connectivity index (χ1v) is 5.54. The lowest BCUT2D eigenvalue weighted by atomic mass is 10.2. The number of aryl methyl sites for hydroxylation is 1. The molecule has 0 unspecified atom stereocenters. The van der Waals surface area contributed by atoms with Crippen molar-refractivity contribution in [3.63, 3.8) is 0 Å². The van der Waals surface area contributed by atoms with E-state index in [0.717, 1.165) is 5.69 Å². The second-order valence-corrected chi connectivity index (χ2v) is 3.77. The topological polar surface area (TPSA) is 80.0 Å². The molecule has 6 heteroatoms. The standard InChI is InChI=1S/C12H14N4O2/c1-8-6-9(18-16-8)7-15-12(17)10-4-3-5-14-11(10)13-2/h3-6H,7H2,1-2H3,(H,13,14)(H,15,17). The van der Waals surface area contributed by atoms with Crippen LogP contribution in [0.1, 0.15) is 21.8 Å². The van der Waals surface area contributed by atoms with Gasteiger partial charge in [0.15, 0.2) is 5.76 Å². The van der Waals surface area contributed by atoms with Gasteiger partial charge in [0.25, 0.3) is 5.91 Å². The van der Waals surface area contributed by atoms with Crippen molar-refractivity contribution < 1.29 is 9.32 Å². The van der Waals surface area contributed by atoms with Crippen LogP contribution in [0.25, 0.3) is 0 Å². The fraction of sp³-hybridized carbons (Fsp3) is 0.250. The summed E-state index contributed by atoms with van der Waals surface area (Å²) in [5.74, 6) is 0.959. The predicted octanol–water partition coefficient (Wildman–Crippen LogP) is 1.35. The van der Waals surface area contributed by atoms with E-state index in [2.05, 4.69) is 20.8 Å². The van der Waals surface area contributed by atoms with Gasteiger partial charge < -0.3 is 15.2 Å². The van der Waals surface area contributed by atoms with Crippen LogP contribution in [-0.2, 0) is 6.54 Å². The Morgan fingerprint density at radius 3 is 3.00 bits per heavy atom. The summed E-state index contributed by atoms with van der Waals surface area (Å²) in [6, 6.07) is 5.21. The number of aromatic nitrogens is 2. The molecule has 0 aliphatic heterocycles. The van der Waals surface area contributed by atoms with E-state index in [1.807, 2.05) is 6.92 Å². The van der Waals surface area contributed by atoms with E-state index < -0.39 is 0 Å². The molecular formula is C12H14N4O2. The Kier molecular flexibility index (Phi) is 3.57. The number of nitrogens with zero attached hydrogens (tertiary/aromatic N) is 2. The Morgan fingerprint density at radius 2 is 2.33 bits per heavy atom. The summed E-state index contributed by atoms with van der Waals surface area (Å²) in [4.78, 5) is 16.0. The molecule has 6 nitrogen and oxygen atoms in total. The minimum atomic E-state index is -0.207. The Labute approximate surface area is 104 Å². The predicted molar refractivity (Wildman–Crippen MR) is 66.2 cm³/mol. The lowest BCUT2D eigenvalue weighted by molar-refractivity contribution is 0.0947. The van der Waals surface area contributed by atoms with Crippen LogP contribution in [-0.4, -0.2) is 23.1 Å². The van der Waals surface area contributed by atoms with Crippen molar-refractivity contribution >= 4 is 11.7 Å². The lowest BCUT2D eigenvalue weighted by Crippen LogP contribution is -2.23. The molecule has 0 fully saturated rings. The van der Waals surface area contributed by atoms with Gasteiger partial charge in [-0.25, -0.2) is 4.98 Å². The number of nitrogens with one attached hydrogen (secondary N) is 2. The molecule has 2 rings (SSSR count). The number of carbonyl (C=O) groups is 1. The molecule has 0 aliphatic rings. The first-order valence-electron chi connectivity index (χ1n) is 5.54. The van der Waals surface area contributed by atoms with E-state index in [1.54, 1.807) is 31.4 Å². The van der Waals surface area contributed by atoms with E-state index in [-0.39, 0.29) is 5.91 Å². The highest BCUT2D eigenvalue weighted by atomic mass is 16.5. The first kappa shape index (κ1) is 12.1.